The van der Waals surface area contributed by atoms with Crippen LogP contribution in [0.15, 0.2) is 12.1 Å². The predicted molar refractivity (Wildman–Crippen MR) is 79.6 cm³/mol. The second-order valence-corrected chi connectivity index (χ2v) is 4.68. The molecule has 1 aromatic rings. The number of amides is 1. The molecule has 1 atom stereocenters. The molecule has 0 radical (unpaired) electrons. The lowest BCUT2D eigenvalue weighted by Crippen LogP contribution is -2.38. The molecule has 1 N–H and O–H groups in total. The molecule has 4 heteroatoms. The Kier molecular flexibility index (Phi) is 5.80. The molecule has 1 unspecified atom stereocenters. The van der Waals surface area contributed by atoms with Gasteiger partial charge in [0.2, 0.25) is 0 Å². The fraction of sp³-hybridized carbons (Fsp3) is 0.600. The molecule has 1 amide bonds. The molecule has 0 aromatic carbocycles. The second kappa shape index (κ2) is 7.12. The number of nitrogens with one attached hydrogen (secondary N) is 1. The van der Waals surface area contributed by atoms with Crippen LogP contribution in [0.2, 0.25) is 0 Å². The summed E-state index contributed by atoms with van der Waals surface area (Å²) in [5.74, 6) is 0.841. The largest absolute Gasteiger partial charge is 0.373 e. The van der Waals surface area contributed by atoms with Gasteiger partial charge in [-0.2, -0.15) is 0 Å². The van der Waals surface area contributed by atoms with E-state index < -0.39 is 0 Å². The first kappa shape index (κ1) is 15.5. The van der Waals surface area contributed by atoms with Gasteiger partial charge in [-0.15, -0.1) is 0 Å². The molecular formula is C15H25N3O. The molecule has 1 rings (SSSR count). The van der Waals surface area contributed by atoms with E-state index in [2.05, 4.69) is 24.1 Å². The molecular weight excluding hydrogens is 238 g/mol. The maximum Gasteiger partial charge on any atom is 0.254 e. The van der Waals surface area contributed by atoms with Crippen molar-refractivity contribution < 1.29 is 4.79 Å². The summed E-state index contributed by atoms with van der Waals surface area (Å²) in [5, 5.41) is 3.02. The Morgan fingerprint density at radius 3 is 2.53 bits per heavy atom. The van der Waals surface area contributed by atoms with Crippen LogP contribution in [-0.2, 0) is 6.42 Å². The molecule has 1 aromatic heterocycles. The number of anilines is 1. The van der Waals surface area contributed by atoms with Crippen LogP contribution in [-0.4, -0.2) is 35.4 Å². The summed E-state index contributed by atoms with van der Waals surface area (Å²) in [6, 6.07) is 3.98. The minimum atomic E-state index is 0.0884. The fourth-order valence-electron chi connectivity index (χ4n) is 2.06. The number of hydrogen-bond donors (Lipinski definition) is 1. The highest BCUT2D eigenvalue weighted by atomic mass is 16.2. The maximum atomic E-state index is 12.6. The van der Waals surface area contributed by atoms with Crippen LogP contribution in [0.25, 0.3) is 0 Å². The zero-order valence-corrected chi connectivity index (χ0v) is 12.7. The normalized spacial score (nSPS) is 12.1. The molecule has 0 aliphatic heterocycles. The van der Waals surface area contributed by atoms with Gasteiger partial charge in [-0.1, -0.05) is 13.8 Å². The Bertz CT molecular complexity index is 409. The van der Waals surface area contributed by atoms with Gasteiger partial charge in [-0.05, 0) is 38.8 Å². The first-order chi connectivity index (χ1) is 9.07. The predicted octanol–water partition coefficient (Wildman–Crippen LogP) is 2.95. The van der Waals surface area contributed by atoms with Crippen LogP contribution >= 0.6 is 0 Å². The van der Waals surface area contributed by atoms with Crippen molar-refractivity contribution in [3.8, 4) is 0 Å². The van der Waals surface area contributed by atoms with Crippen molar-refractivity contribution in [2.45, 2.75) is 46.6 Å². The van der Waals surface area contributed by atoms with E-state index in [1.807, 2.05) is 37.9 Å². The molecule has 1 heterocycles. The van der Waals surface area contributed by atoms with Crippen LogP contribution in [0, 0.1) is 0 Å². The van der Waals surface area contributed by atoms with Crippen molar-refractivity contribution in [3.63, 3.8) is 0 Å². The van der Waals surface area contributed by atoms with E-state index in [1.54, 1.807) is 0 Å². The number of pyridine rings is 1. The van der Waals surface area contributed by atoms with E-state index in [1.165, 1.54) is 0 Å². The fourth-order valence-corrected chi connectivity index (χ4v) is 2.06. The average Bonchev–Trinajstić information content (AvgIpc) is 2.46. The van der Waals surface area contributed by atoms with Crippen LogP contribution < -0.4 is 5.32 Å². The van der Waals surface area contributed by atoms with Gasteiger partial charge in [0.05, 0.1) is 0 Å². The van der Waals surface area contributed by atoms with Crippen molar-refractivity contribution in [3.05, 3.63) is 23.4 Å². The first-order valence-electron chi connectivity index (χ1n) is 7.06. The molecule has 0 aliphatic carbocycles. The number of aromatic nitrogens is 1. The third-order valence-corrected chi connectivity index (χ3v) is 3.47. The number of hydrogen-bond acceptors (Lipinski definition) is 3. The number of carbonyl (C=O) groups is 1. The minimum Gasteiger partial charge on any atom is -0.373 e. The van der Waals surface area contributed by atoms with E-state index in [0.717, 1.165) is 36.5 Å². The van der Waals surface area contributed by atoms with Crippen LogP contribution in [0.1, 0.15) is 50.2 Å². The van der Waals surface area contributed by atoms with Crippen molar-refractivity contribution >= 4 is 11.7 Å². The molecule has 0 fully saturated rings. The highest BCUT2D eigenvalue weighted by molar-refractivity contribution is 5.95. The monoisotopic (exact) mass is 263 g/mol. The van der Waals surface area contributed by atoms with E-state index in [-0.39, 0.29) is 11.9 Å². The Morgan fingerprint density at radius 2 is 2.05 bits per heavy atom. The minimum absolute atomic E-state index is 0.0884. The Balaban J connectivity index is 3.09. The van der Waals surface area contributed by atoms with Gasteiger partial charge in [-0.3, -0.25) is 4.79 Å². The lowest BCUT2D eigenvalue weighted by atomic mass is 10.1. The topological polar surface area (TPSA) is 45.2 Å². The highest BCUT2D eigenvalue weighted by Crippen LogP contribution is 2.15. The van der Waals surface area contributed by atoms with Gasteiger partial charge < -0.3 is 10.2 Å². The highest BCUT2D eigenvalue weighted by Gasteiger charge is 2.19. The van der Waals surface area contributed by atoms with E-state index in [4.69, 9.17) is 0 Å². The quantitative estimate of drug-likeness (QED) is 0.858. The van der Waals surface area contributed by atoms with Crippen molar-refractivity contribution in [1.82, 2.24) is 9.88 Å². The first-order valence-corrected chi connectivity index (χ1v) is 7.06. The summed E-state index contributed by atoms with van der Waals surface area (Å²) in [6.07, 6.45) is 1.79. The van der Waals surface area contributed by atoms with Gasteiger partial charge in [0.25, 0.3) is 5.91 Å². The smallest absolute Gasteiger partial charge is 0.254 e. The molecule has 0 spiro atoms. The number of nitrogens with zero attached hydrogens (tertiary/aromatic N) is 2. The van der Waals surface area contributed by atoms with Crippen LogP contribution in [0.3, 0.4) is 0 Å². The molecule has 0 saturated carbocycles. The Morgan fingerprint density at radius 1 is 1.37 bits per heavy atom. The molecule has 0 aliphatic rings. The molecule has 0 saturated heterocycles. The van der Waals surface area contributed by atoms with Crippen LogP contribution in [0.5, 0.6) is 0 Å². The maximum absolute atomic E-state index is 12.6. The molecule has 106 valence electrons. The summed E-state index contributed by atoms with van der Waals surface area (Å²) < 4.78 is 0. The van der Waals surface area contributed by atoms with E-state index in [9.17, 15) is 4.79 Å². The zero-order chi connectivity index (χ0) is 14.4. The van der Waals surface area contributed by atoms with Gasteiger partial charge in [0, 0.05) is 30.9 Å². The Hall–Kier alpha value is -1.58. The summed E-state index contributed by atoms with van der Waals surface area (Å²) in [5.41, 5.74) is 1.66. The van der Waals surface area contributed by atoms with Crippen molar-refractivity contribution in [2.24, 2.45) is 0 Å². The molecule has 0 bridgehead atoms. The van der Waals surface area contributed by atoms with Crippen molar-refractivity contribution in [1.29, 1.82) is 0 Å². The van der Waals surface area contributed by atoms with E-state index in [0.29, 0.717) is 0 Å². The van der Waals surface area contributed by atoms with Gasteiger partial charge in [0.1, 0.15) is 5.82 Å². The van der Waals surface area contributed by atoms with Gasteiger partial charge in [-0.25, -0.2) is 4.98 Å². The summed E-state index contributed by atoms with van der Waals surface area (Å²) in [4.78, 5) is 18.9. The second-order valence-electron chi connectivity index (χ2n) is 4.68. The summed E-state index contributed by atoms with van der Waals surface area (Å²) in [6.45, 7) is 8.98. The summed E-state index contributed by atoms with van der Waals surface area (Å²) >= 11 is 0. The lowest BCUT2D eigenvalue weighted by molar-refractivity contribution is 0.0700. The third kappa shape index (κ3) is 3.69. The standard InChI is InChI=1S/C15H25N3O/c1-6-11(4)18(8-3)15(19)12-9-13(7-2)17-14(10-12)16-5/h9-11H,6-8H2,1-5H3,(H,16,17). The van der Waals surface area contributed by atoms with Crippen LogP contribution in [0.4, 0.5) is 5.82 Å². The number of carbonyl (C=O) groups excluding carboxylic acids is 1. The Labute approximate surface area is 116 Å². The SMILES string of the molecule is CCc1cc(C(=O)N(CC)C(C)CC)cc(NC)n1. The number of rotatable bonds is 6. The number of aryl methyl sites for hydroxylation is 1. The molecule has 19 heavy (non-hydrogen) atoms. The van der Waals surface area contributed by atoms with Gasteiger partial charge >= 0.3 is 0 Å². The lowest BCUT2D eigenvalue weighted by Gasteiger charge is -2.27. The van der Waals surface area contributed by atoms with Gasteiger partial charge in [0.15, 0.2) is 0 Å². The van der Waals surface area contributed by atoms with Crippen molar-refractivity contribution in [2.75, 3.05) is 18.9 Å². The average molecular weight is 263 g/mol. The summed E-state index contributed by atoms with van der Waals surface area (Å²) in [7, 11) is 1.82. The third-order valence-electron chi connectivity index (χ3n) is 3.47. The zero-order valence-electron chi connectivity index (χ0n) is 12.7. The van der Waals surface area contributed by atoms with E-state index >= 15 is 0 Å². The molecule has 4 nitrogen and oxygen atoms in total.